The SMILES string of the molecule is CC(=O)Nc1ccc(NCc2cc(C)ccc2C)cc1. The summed E-state index contributed by atoms with van der Waals surface area (Å²) in [4.78, 5) is 11.0. The fourth-order valence-electron chi connectivity index (χ4n) is 2.06. The molecule has 0 spiro atoms. The van der Waals surface area contributed by atoms with Gasteiger partial charge in [-0.2, -0.15) is 0 Å². The number of nitrogens with one attached hydrogen (secondary N) is 2. The van der Waals surface area contributed by atoms with Crippen LogP contribution in [-0.4, -0.2) is 5.91 Å². The topological polar surface area (TPSA) is 41.1 Å². The van der Waals surface area contributed by atoms with Gasteiger partial charge in [-0.3, -0.25) is 4.79 Å². The highest BCUT2D eigenvalue weighted by Crippen LogP contribution is 2.16. The first-order chi connectivity index (χ1) is 9.54. The third-order valence-corrected chi connectivity index (χ3v) is 3.19. The summed E-state index contributed by atoms with van der Waals surface area (Å²) in [6, 6.07) is 14.2. The van der Waals surface area contributed by atoms with Crippen LogP contribution < -0.4 is 10.6 Å². The molecule has 3 nitrogen and oxygen atoms in total. The molecule has 0 unspecified atom stereocenters. The first kappa shape index (κ1) is 14.1. The van der Waals surface area contributed by atoms with E-state index in [2.05, 4.69) is 42.7 Å². The Hall–Kier alpha value is -2.29. The second kappa shape index (κ2) is 6.24. The van der Waals surface area contributed by atoms with Crippen LogP contribution in [0.15, 0.2) is 42.5 Å². The number of amides is 1. The van der Waals surface area contributed by atoms with Crippen LogP contribution in [0.5, 0.6) is 0 Å². The molecule has 0 fully saturated rings. The third-order valence-electron chi connectivity index (χ3n) is 3.19. The summed E-state index contributed by atoms with van der Waals surface area (Å²) in [6.07, 6.45) is 0. The van der Waals surface area contributed by atoms with E-state index >= 15 is 0 Å². The molecular weight excluding hydrogens is 248 g/mol. The number of hydrogen-bond acceptors (Lipinski definition) is 2. The molecule has 0 heterocycles. The number of benzene rings is 2. The summed E-state index contributed by atoms with van der Waals surface area (Å²) >= 11 is 0. The molecule has 104 valence electrons. The van der Waals surface area contributed by atoms with Crippen molar-refractivity contribution < 1.29 is 4.79 Å². The molecule has 0 aliphatic heterocycles. The number of carbonyl (C=O) groups is 1. The van der Waals surface area contributed by atoms with Crippen LogP contribution in [0.25, 0.3) is 0 Å². The van der Waals surface area contributed by atoms with E-state index in [9.17, 15) is 4.79 Å². The zero-order valence-corrected chi connectivity index (χ0v) is 12.2. The van der Waals surface area contributed by atoms with E-state index in [-0.39, 0.29) is 5.91 Å². The summed E-state index contributed by atoms with van der Waals surface area (Å²) in [5.41, 5.74) is 5.72. The molecule has 0 aliphatic carbocycles. The Bertz CT molecular complexity index is 603. The Morgan fingerprint density at radius 2 is 1.65 bits per heavy atom. The summed E-state index contributed by atoms with van der Waals surface area (Å²) in [7, 11) is 0. The zero-order valence-electron chi connectivity index (χ0n) is 12.2. The van der Waals surface area contributed by atoms with E-state index in [1.165, 1.54) is 23.6 Å². The molecule has 2 aromatic carbocycles. The molecule has 2 aromatic rings. The van der Waals surface area contributed by atoms with E-state index < -0.39 is 0 Å². The number of carbonyl (C=O) groups excluding carboxylic acids is 1. The monoisotopic (exact) mass is 268 g/mol. The predicted octanol–water partition coefficient (Wildman–Crippen LogP) is 3.87. The largest absolute Gasteiger partial charge is 0.381 e. The van der Waals surface area contributed by atoms with Gasteiger partial charge in [0.15, 0.2) is 0 Å². The Kier molecular flexibility index (Phi) is 4.41. The van der Waals surface area contributed by atoms with Gasteiger partial charge in [0.2, 0.25) is 5.91 Å². The van der Waals surface area contributed by atoms with Gasteiger partial charge in [0.1, 0.15) is 0 Å². The van der Waals surface area contributed by atoms with Gasteiger partial charge in [-0.05, 0) is 49.2 Å². The number of anilines is 2. The standard InChI is InChI=1S/C17H20N2O/c1-12-4-5-13(2)15(10-12)11-18-16-6-8-17(9-7-16)19-14(3)20/h4-10,18H,11H2,1-3H3,(H,19,20). The quantitative estimate of drug-likeness (QED) is 0.883. The molecule has 2 N–H and O–H groups in total. The van der Waals surface area contributed by atoms with E-state index in [1.54, 1.807) is 0 Å². The molecule has 0 aliphatic rings. The lowest BCUT2D eigenvalue weighted by molar-refractivity contribution is -0.114. The van der Waals surface area contributed by atoms with Gasteiger partial charge in [-0.25, -0.2) is 0 Å². The number of rotatable bonds is 4. The summed E-state index contributed by atoms with van der Waals surface area (Å²) in [5, 5.41) is 6.15. The number of hydrogen-bond donors (Lipinski definition) is 2. The average Bonchev–Trinajstić information content (AvgIpc) is 2.41. The first-order valence-corrected chi connectivity index (χ1v) is 6.72. The normalized spacial score (nSPS) is 10.2. The van der Waals surface area contributed by atoms with Gasteiger partial charge in [0, 0.05) is 24.8 Å². The van der Waals surface area contributed by atoms with E-state index in [0.29, 0.717) is 0 Å². The molecule has 0 saturated carbocycles. The van der Waals surface area contributed by atoms with Gasteiger partial charge in [0.05, 0.1) is 0 Å². The van der Waals surface area contributed by atoms with Crippen LogP contribution in [0.3, 0.4) is 0 Å². The predicted molar refractivity (Wildman–Crippen MR) is 84.0 cm³/mol. The maximum atomic E-state index is 11.0. The smallest absolute Gasteiger partial charge is 0.221 e. The molecule has 2 rings (SSSR count). The minimum absolute atomic E-state index is 0.0545. The fraction of sp³-hybridized carbons (Fsp3) is 0.235. The summed E-state index contributed by atoms with van der Waals surface area (Å²) in [5.74, 6) is -0.0545. The van der Waals surface area contributed by atoms with E-state index in [1.807, 2.05) is 24.3 Å². The molecule has 1 amide bonds. The highest BCUT2D eigenvalue weighted by molar-refractivity contribution is 5.88. The van der Waals surface area contributed by atoms with Gasteiger partial charge >= 0.3 is 0 Å². The second-order valence-electron chi connectivity index (χ2n) is 5.04. The van der Waals surface area contributed by atoms with Crippen LogP contribution in [0.4, 0.5) is 11.4 Å². The molecular formula is C17H20N2O. The third kappa shape index (κ3) is 3.85. The van der Waals surface area contributed by atoms with Gasteiger partial charge in [-0.15, -0.1) is 0 Å². The second-order valence-corrected chi connectivity index (χ2v) is 5.04. The Morgan fingerprint density at radius 3 is 2.30 bits per heavy atom. The van der Waals surface area contributed by atoms with Crippen molar-refractivity contribution in [2.75, 3.05) is 10.6 Å². The molecule has 0 radical (unpaired) electrons. The van der Waals surface area contributed by atoms with Crippen molar-refractivity contribution >= 4 is 17.3 Å². The maximum Gasteiger partial charge on any atom is 0.221 e. The van der Waals surface area contributed by atoms with E-state index in [0.717, 1.165) is 17.9 Å². The van der Waals surface area contributed by atoms with Crippen LogP contribution in [-0.2, 0) is 11.3 Å². The lowest BCUT2D eigenvalue weighted by Crippen LogP contribution is -2.06. The van der Waals surface area contributed by atoms with Crippen LogP contribution in [0.1, 0.15) is 23.6 Å². The van der Waals surface area contributed by atoms with E-state index in [4.69, 9.17) is 0 Å². The molecule has 3 heteroatoms. The Balaban J connectivity index is 2.00. The lowest BCUT2D eigenvalue weighted by Gasteiger charge is -2.11. The van der Waals surface area contributed by atoms with Crippen molar-refractivity contribution in [2.24, 2.45) is 0 Å². The van der Waals surface area contributed by atoms with Crippen molar-refractivity contribution in [3.63, 3.8) is 0 Å². The lowest BCUT2D eigenvalue weighted by atomic mass is 10.1. The molecule has 20 heavy (non-hydrogen) atoms. The van der Waals surface area contributed by atoms with Crippen molar-refractivity contribution in [3.05, 3.63) is 59.2 Å². The van der Waals surface area contributed by atoms with Crippen molar-refractivity contribution in [1.82, 2.24) is 0 Å². The minimum Gasteiger partial charge on any atom is -0.381 e. The summed E-state index contributed by atoms with van der Waals surface area (Å²) < 4.78 is 0. The molecule has 0 saturated heterocycles. The highest BCUT2D eigenvalue weighted by Gasteiger charge is 2.00. The van der Waals surface area contributed by atoms with Gasteiger partial charge in [-0.1, -0.05) is 23.8 Å². The molecule has 0 bridgehead atoms. The van der Waals surface area contributed by atoms with Gasteiger partial charge < -0.3 is 10.6 Å². The minimum atomic E-state index is -0.0545. The fourth-order valence-corrected chi connectivity index (χ4v) is 2.06. The zero-order chi connectivity index (χ0) is 14.5. The van der Waals surface area contributed by atoms with Crippen molar-refractivity contribution in [2.45, 2.75) is 27.3 Å². The van der Waals surface area contributed by atoms with Crippen molar-refractivity contribution in [3.8, 4) is 0 Å². The maximum absolute atomic E-state index is 11.0. The Labute approximate surface area is 120 Å². The number of aryl methyl sites for hydroxylation is 2. The van der Waals surface area contributed by atoms with Crippen LogP contribution >= 0.6 is 0 Å². The van der Waals surface area contributed by atoms with Gasteiger partial charge in [0.25, 0.3) is 0 Å². The first-order valence-electron chi connectivity index (χ1n) is 6.72. The average molecular weight is 268 g/mol. The Morgan fingerprint density at radius 1 is 1.00 bits per heavy atom. The molecule has 0 aromatic heterocycles. The van der Waals surface area contributed by atoms with Crippen LogP contribution in [0, 0.1) is 13.8 Å². The highest BCUT2D eigenvalue weighted by atomic mass is 16.1. The summed E-state index contributed by atoms with van der Waals surface area (Å²) in [6.45, 7) is 6.53. The van der Waals surface area contributed by atoms with Crippen molar-refractivity contribution in [1.29, 1.82) is 0 Å². The molecule has 0 atom stereocenters. The van der Waals surface area contributed by atoms with Crippen LogP contribution in [0.2, 0.25) is 0 Å².